The van der Waals surface area contributed by atoms with Gasteiger partial charge in [0, 0.05) is 18.8 Å². The van der Waals surface area contributed by atoms with Crippen LogP contribution in [0.4, 0.5) is 5.69 Å². The molecular weight excluding hydrogens is 296 g/mol. The number of amides is 2. The summed E-state index contributed by atoms with van der Waals surface area (Å²) in [5, 5.41) is 2.87. The van der Waals surface area contributed by atoms with Crippen molar-refractivity contribution < 1.29 is 19.1 Å². The molecule has 124 valence electrons. The van der Waals surface area contributed by atoms with Crippen LogP contribution in [-0.4, -0.2) is 50.3 Å². The topological polar surface area (TPSA) is 67.9 Å². The Balaban J connectivity index is 1.57. The lowest BCUT2D eigenvalue weighted by Gasteiger charge is -2.33. The maximum Gasteiger partial charge on any atom is 0.253 e. The second-order valence-corrected chi connectivity index (χ2v) is 6.02. The van der Waals surface area contributed by atoms with Crippen LogP contribution in [0.25, 0.3) is 0 Å². The molecule has 2 unspecified atom stereocenters. The Hall–Kier alpha value is -1.92. The number of rotatable bonds is 4. The summed E-state index contributed by atoms with van der Waals surface area (Å²) in [7, 11) is 0. The number of ether oxygens (including phenoxy) is 2. The molecule has 2 amide bonds. The van der Waals surface area contributed by atoms with Gasteiger partial charge in [0.25, 0.3) is 5.91 Å². The molecule has 0 saturated carbocycles. The Morgan fingerprint density at radius 1 is 1.39 bits per heavy atom. The van der Waals surface area contributed by atoms with Gasteiger partial charge in [-0.25, -0.2) is 0 Å². The fourth-order valence-electron chi connectivity index (χ4n) is 2.91. The van der Waals surface area contributed by atoms with E-state index in [1.807, 2.05) is 31.2 Å². The first-order chi connectivity index (χ1) is 11.1. The Kier molecular flexibility index (Phi) is 4.93. The van der Waals surface area contributed by atoms with E-state index in [2.05, 4.69) is 5.32 Å². The van der Waals surface area contributed by atoms with E-state index >= 15 is 0 Å². The number of anilines is 1. The largest absolute Gasteiger partial charge is 0.368 e. The Labute approximate surface area is 135 Å². The van der Waals surface area contributed by atoms with Gasteiger partial charge in [-0.2, -0.15) is 0 Å². The van der Waals surface area contributed by atoms with Crippen LogP contribution < -0.4 is 10.2 Å². The van der Waals surface area contributed by atoms with Crippen LogP contribution in [0.3, 0.4) is 0 Å². The molecule has 2 fully saturated rings. The summed E-state index contributed by atoms with van der Waals surface area (Å²) in [4.78, 5) is 25.8. The third kappa shape index (κ3) is 3.89. The fraction of sp³-hybridized carbons (Fsp3) is 0.529. The number of aryl methyl sites for hydroxylation is 1. The molecule has 1 aromatic carbocycles. The number of nitrogens with zero attached hydrogens (tertiary/aromatic N) is 1. The number of morpholine rings is 1. The number of carbonyl (C=O) groups excluding carboxylic acids is 2. The zero-order chi connectivity index (χ0) is 16.2. The Morgan fingerprint density at radius 2 is 2.26 bits per heavy atom. The summed E-state index contributed by atoms with van der Waals surface area (Å²) in [6.07, 6.45) is 1.14. The van der Waals surface area contributed by atoms with Crippen LogP contribution in [0.2, 0.25) is 0 Å². The van der Waals surface area contributed by atoms with Crippen LogP contribution in [0, 0.1) is 6.92 Å². The highest BCUT2D eigenvalue weighted by Crippen LogP contribution is 2.20. The van der Waals surface area contributed by atoms with E-state index in [-0.39, 0.29) is 30.6 Å². The smallest absolute Gasteiger partial charge is 0.253 e. The van der Waals surface area contributed by atoms with Gasteiger partial charge in [-0.1, -0.05) is 12.1 Å². The van der Waals surface area contributed by atoms with Crippen LogP contribution in [-0.2, 0) is 19.1 Å². The molecule has 0 bridgehead atoms. The maximum atomic E-state index is 12.1. The number of benzene rings is 1. The van der Waals surface area contributed by atoms with Crippen molar-refractivity contribution in [1.82, 2.24) is 5.32 Å². The minimum absolute atomic E-state index is 0.0361. The molecule has 2 heterocycles. The highest BCUT2D eigenvalue weighted by atomic mass is 16.5. The number of nitrogens with one attached hydrogen (secondary N) is 1. The van der Waals surface area contributed by atoms with Gasteiger partial charge in [0.05, 0.1) is 12.6 Å². The van der Waals surface area contributed by atoms with Gasteiger partial charge in [-0.3, -0.25) is 9.59 Å². The third-order valence-corrected chi connectivity index (χ3v) is 4.17. The molecular formula is C17H22N2O4. The third-order valence-electron chi connectivity index (χ3n) is 4.17. The predicted molar refractivity (Wildman–Crippen MR) is 85.3 cm³/mol. The first kappa shape index (κ1) is 16.0. The van der Waals surface area contributed by atoms with E-state index in [9.17, 15) is 9.59 Å². The number of carbonyl (C=O) groups is 2. The number of hydrogen-bond acceptors (Lipinski definition) is 4. The van der Waals surface area contributed by atoms with Crippen molar-refractivity contribution in [3.63, 3.8) is 0 Å². The van der Waals surface area contributed by atoms with E-state index in [0.29, 0.717) is 19.7 Å². The molecule has 2 atom stereocenters. The molecule has 3 rings (SSSR count). The van der Waals surface area contributed by atoms with E-state index in [1.54, 1.807) is 4.90 Å². The molecule has 6 heteroatoms. The predicted octanol–water partition coefficient (Wildman–Crippen LogP) is 1.02. The van der Waals surface area contributed by atoms with Crippen molar-refractivity contribution in [2.24, 2.45) is 0 Å². The second kappa shape index (κ2) is 7.10. The van der Waals surface area contributed by atoms with Gasteiger partial charge < -0.3 is 19.7 Å². The standard InChI is InChI=1S/C17H22N2O4/c1-12-4-2-5-13(8-12)19-10-14(23-11-16(19)20)9-18-17(21)15-6-3-7-22-15/h2,4-5,8,14-15H,3,6-7,9-11H2,1H3,(H,18,21). The summed E-state index contributed by atoms with van der Waals surface area (Å²) < 4.78 is 10.9. The SMILES string of the molecule is Cc1cccc(N2CC(CNC(=O)C3CCCO3)OCC2=O)c1. The molecule has 0 aliphatic carbocycles. The summed E-state index contributed by atoms with van der Waals surface area (Å²) in [6.45, 7) is 3.50. The zero-order valence-corrected chi connectivity index (χ0v) is 13.3. The molecule has 0 aromatic heterocycles. The lowest BCUT2D eigenvalue weighted by Crippen LogP contribution is -2.51. The van der Waals surface area contributed by atoms with Gasteiger partial charge >= 0.3 is 0 Å². The average Bonchev–Trinajstić information content (AvgIpc) is 3.08. The fourth-order valence-corrected chi connectivity index (χ4v) is 2.91. The highest BCUT2D eigenvalue weighted by Gasteiger charge is 2.29. The van der Waals surface area contributed by atoms with Gasteiger partial charge in [-0.05, 0) is 37.5 Å². The molecule has 1 aromatic rings. The van der Waals surface area contributed by atoms with Crippen molar-refractivity contribution in [3.8, 4) is 0 Å². The lowest BCUT2D eigenvalue weighted by molar-refractivity contribution is -0.132. The summed E-state index contributed by atoms with van der Waals surface area (Å²) >= 11 is 0. The first-order valence-corrected chi connectivity index (χ1v) is 8.01. The van der Waals surface area contributed by atoms with Crippen LogP contribution >= 0.6 is 0 Å². The van der Waals surface area contributed by atoms with Gasteiger partial charge in [0.15, 0.2) is 0 Å². The van der Waals surface area contributed by atoms with E-state index in [1.165, 1.54) is 0 Å². The zero-order valence-electron chi connectivity index (χ0n) is 13.3. The molecule has 6 nitrogen and oxygen atoms in total. The average molecular weight is 318 g/mol. The van der Waals surface area contributed by atoms with E-state index < -0.39 is 0 Å². The maximum absolute atomic E-state index is 12.1. The van der Waals surface area contributed by atoms with Gasteiger partial charge in [-0.15, -0.1) is 0 Å². The molecule has 0 radical (unpaired) electrons. The Bertz CT molecular complexity index is 584. The molecule has 0 spiro atoms. The van der Waals surface area contributed by atoms with Crippen molar-refractivity contribution in [2.75, 3.05) is 31.2 Å². The number of hydrogen-bond donors (Lipinski definition) is 1. The van der Waals surface area contributed by atoms with Crippen molar-refractivity contribution in [1.29, 1.82) is 0 Å². The van der Waals surface area contributed by atoms with E-state index in [0.717, 1.165) is 24.1 Å². The minimum atomic E-state index is -0.340. The Morgan fingerprint density at radius 3 is 3.00 bits per heavy atom. The molecule has 2 saturated heterocycles. The first-order valence-electron chi connectivity index (χ1n) is 8.01. The van der Waals surface area contributed by atoms with Crippen LogP contribution in [0.1, 0.15) is 18.4 Å². The van der Waals surface area contributed by atoms with Gasteiger partial charge in [0.2, 0.25) is 5.91 Å². The molecule has 1 N–H and O–H groups in total. The second-order valence-electron chi connectivity index (χ2n) is 6.02. The minimum Gasteiger partial charge on any atom is -0.368 e. The summed E-state index contributed by atoms with van der Waals surface area (Å²) in [6, 6.07) is 7.82. The van der Waals surface area contributed by atoms with Gasteiger partial charge in [0.1, 0.15) is 12.7 Å². The molecule has 2 aliphatic heterocycles. The van der Waals surface area contributed by atoms with Crippen LogP contribution in [0.15, 0.2) is 24.3 Å². The monoisotopic (exact) mass is 318 g/mol. The van der Waals surface area contributed by atoms with Crippen molar-refractivity contribution >= 4 is 17.5 Å². The molecule has 23 heavy (non-hydrogen) atoms. The summed E-state index contributed by atoms with van der Waals surface area (Å²) in [5.74, 6) is -0.151. The van der Waals surface area contributed by atoms with Crippen molar-refractivity contribution in [3.05, 3.63) is 29.8 Å². The van der Waals surface area contributed by atoms with Crippen LogP contribution in [0.5, 0.6) is 0 Å². The normalized spacial score (nSPS) is 24.7. The summed E-state index contributed by atoms with van der Waals surface area (Å²) in [5.41, 5.74) is 1.97. The molecule has 2 aliphatic rings. The lowest BCUT2D eigenvalue weighted by atomic mass is 10.1. The van der Waals surface area contributed by atoms with Crippen molar-refractivity contribution in [2.45, 2.75) is 32.0 Å². The highest BCUT2D eigenvalue weighted by molar-refractivity contribution is 5.95. The van der Waals surface area contributed by atoms with E-state index in [4.69, 9.17) is 9.47 Å². The quantitative estimate of drug-likeness (QED) is 0.900.